The summed E-state index contributed by atoms with van der Waals surface area (Å²) < 4.78 is 17.3. The van der Waals surface area contributed by atoms with Crippen molar-refractivity contribution in [3.8, 4) is 23.0 Å². The summed E-state index contributed by atoms with van der Waals surface area (Å²) in [4.78, 5) is 0. The molecule has 35 heavy (non-hydrogen) atoms. The van der Waals surface area contributed by atoms with Crippen LogP contribution < -0.4 is 9.47 Å². The molecule has 0 heterocycles. The molecule has 0 unspecified atom stereocenters. The van der Waals surface area contributed by atoms with Crippen molar-refractivity contribution in [3.05, 3.63) is 145 Å². The quantitative estimate of drug-likeness (QED) is 0.157. The molecule has 0 aliphatic carbocycles. The largest absolute Gasteiger partial charge is 0.457 e. The third-order valence-corrected chi connectivity index (χ3v) is 5.27. The van der Waals surface area contributed by atoms with Crippen LogP contribution in [0.1, 0.15) is 11.1 Å². The molecule has 0 N–H and O–H groups in total. The van der Waals surface area contributed by atoms with Crippen LogP contribution in [-0.2, 0) is 17.6 Å². The van der Waals surface area contributed by atoms with Crippen LogP contribution in [0.4, 0.5) is 0 Å². The van der Waals surface area contributed by atoms with Crippen LogP contribution >= 0.6 is 0 Å². The molecule has 0 spiro atoms. The fraction of sp³-hybridized carbons (Fsp3) is 0.125. The standard InChI is InChI=1S/C32H30O3/c1-3-13-29(14-4-1)34-31-21-17-27(18-22-31)11-7-9-25-33-26-10-8-12-28-19-23-32(24-20-28)35-30-15-5-2-6-16-30/h1-10,13-24H,11-12,25-26H2. The Morgan fingerprint density at radius 2 is 0.771 bits per heavy atom. The average molecular weight is 463 g/mol. The van der Waals surface area contributed by atoms with Gasteiger partial charge in [0.15, 0.2) is 0 Å². The smallest absolute Gasteiger partial charge is 0.127 e. The molecule has 176 valence electrons. The van der Waals surface area contributed by atoms with Gasteiger partial charge in [0.05, 0.1) is 13.2 Å². The van der Waals surface area contributed by atoms with E-state index in [1.165, 1.54) is 11.1 Å². The third kappa shape index (κ3) is 8.65. The highest BCUT2D eigenvalue weighted by Gasteiger charge is 1.98. The van der Waals surface area contributed by atoms with Crippen molar-refractivity contribution >= 4 is 0 Å². The second kappa shape index (κ2) is 13.6. The molecule has 0 atom stereocenters. The van der Waals surface area contributed by atoms with Gasteiger partial charge >= 0.3 is 0 Å². The molecule has 0 aliphatic rings. The number of hydrogen-bond acceptors (Lipinski definition) is 3. The Morgan fingerprint density at radius 3 is 1.17 bits per heavy atom. The average Bonchev–Trinajstić information content (AvgIpc) is 2.91. The summed E-state index contributed by atoms with van der Waals surface area (Å²) in [6, 6.07) is 36.0. The number of hydrogen-bond donors (Lipinski definition) is 0. The summed E-state index contributed by atoms with van der Waals surface area (Å²) in [6.45, 7) is 1.20. The zero-order chi connectivity index (χ0) is 24.0. The van der Waals surface area contributed by atoms with Crippen molar-refractivity contribution < 1.29 is 14.2 Å². The van der Waals surface area contributed by atoms with Gasteiger partial charge in [-0.3, -0.25) is 0 Å². The first-order valence-electron chi connectivity index (χ1n) is 11.9. The summed E-state index contributed by atoms with van der Waals surface area (Å²) in [5.74, 6) is 3.38. The fourth-order valence-electron chi connectivity index (χ4n) is 3.42. The second-order valence-electron chi connectivity index (χ2n) is 8.01. The SMILES string of the molecule is C(=CCc1ccc(Oc2ccccc2)cc1)COCC=CCc1ccc(Oc2ccccc2)cc1. The van der Waals surface area contributed by atoms with Gasteiger partial charge in [-0.15, -0.1) is 0 Å². The van der Waals surface area contributed by atoms with Gasteiger partial charge < -0.3 is 14.2 Å². The molecule has 4 aromatic rings. The molecular formula is C32H30O3. The maximum Gasteiger partial charge on any atom is 0.127 e. The number of rotatable bonds is 12. The highest BCUT2D eigenvalue weighted by Crippen LogP contribution is 2.22. The second-order valence-corrected chi connectivity index (χ2v) is 8.01. The van der Waals surface area contributed by atoms with Crippen molar-refractivity contribution in [1.82, 2.24) is 0 Å². The van der Waals surface area contributed by atoms with E-state index >= 15 is 0 Å². The first-order chi connectivity index (χ1) is 17.3. The number of allylic oxidation sites excluding steroid dienone is 2. The summed E-state index contributed by atoms with van der Waals surface area (Å²) >= 11 is 0. The molecule has 3 heteroatoms. The van der Waals surface area contributed by atoms with Gasteiger partial charge in [0.1, 0.15) is 23.0 Å². The predicted octanol–water partition coefficient (Wildman–Crippen LogP) is 8.19. The van der Waals surface area contributed by atoms with E-state index in [9.17, 15) is 0 Å². The van der Waals surface area contributed by atoms with Gasteiger partial charge in [-0.1, -0.05) is 85.0 Å². The lowest BCUT2D eigenvalue weighted by molar-refractivity contribution is 0.193. The Bertz CT molecular complexity index is 1080. The summed E-state index contributed by atoms with van der Waals surface area (Å²) in [5, 5.41) is 0. The summed E-state index contributed by atoms with van der Waals surface area (Å²) in [7, 11) is 0. The molecule has 0 saturated carbocycles. The van der Waals surface area contributed by atoms with Crippen LogP contribution in [-0.4, -0.2) is 13.2 Å². The van der Waals surface area contributed by atoms with Crippen LogP contribution in [0.3, 0.4) is 0 Å². The number of benzene rings is 4. The predicted molar refractivity (Wildman–Crippen MR) is 142 cm³/mol. The van der Waals surface area contributed by atoms with Crippen molar-refractivity contribution in [1.29, 1.82) is 0 Å². The van der Waals surface area contributed by atoms with E-state index < -0.39 is 0 Å². The summed E-state index contributed by atoms with van der Waals surface area (Å²) in [5.41, 5.74) is 2.48. The van der Waals surface area contributed by atoms with Gasteiger partial charge in [-0.05, 0) is 72.5 Å². The number of ether oxygens (including phenoxy) is 3. The molecule has 0 aromatic heterocycles. The molecule has 0 aliphatic heterocycles. The van der Waals surface area contributed by atoms with E-state index in [4.69, 9.17) is 14.2 Å². The maximum atomic E-state index is 5.83. The minimum atomic E-state index is 0.602. The molecule has 0 fully saturated rings. The Hall–Kier alpha value is -4.08. The van der Waals surface area contributed by atoms with Gasteiger partial charge in [-0.2, -0.15) is 0 Å². The molecule has 0 amide bonds. The minimum Gasteiger partial charge on any atom is -0.457 e. The van der Waals surface area contributed by atoms with Crippen LogP contribution in [0.25, 0.3) is 0 Å². The van der Waals surface area contributed by atoms with Crippen molar-refractivity contribution in [2.24, 2.45) is 0 Å². The Labute approximate surface area is 207 Å². The number of para-hydroxylation sites is 2. The van der Waals surface area contributed by atoms with E-state index in [-0.39, 0.29) is 0 Å². The van der Waals surface area contributed by atoms with Crippen LogP contribution in [0.15, 0.2) is 133 Å². The van der Waals surface area contributed by atoms with Crippen molar-refractivity contribution in [2.75, 3.05) is 13.2 Å². The van der Waals surface area contributed by atoms with Gasteiger partial charge in [-0.25, -0.2) is 0 Å². The molecular weight excluding hydrogens is 432 g/mol. The molecule has 3 nitrogen and oxygen atoms in total. The first kappa shape index (κ1) is 24.1. The monoisotopic (exact) mass is 462 g/mol. The molecule has 0 saturated heterocycles. The Morgan fingerprint density at radius 1 is 0.400 bits per heavy atom. The molecule has 4 rings (SSSR count). The van der Waals surface area contributed by atoms with Crippen molar-refractivity contribution in [2.45, 2.75) is 12.8 Å². The molecule has 4 aromatic carbocycles. The fourth-order valence-corrected chi connectivity index (χ4v) is 3.42. The lowest BCUT2D eigenvalue weighted by Crippen LogP contribution is -1.91. The highest BCUT2D eigenvalue weighted by molar-refractivity contribution is 5.34. The van der Waals surface area contributed by atoms with E-state index in [2.05, 4.69) is 48.6 Å². The highest BCUT2D eigenvalue weighted by atomic mass is 16.5. The minimum absolute atomic E-state index is 0.602. The van der Waals surface area contributed by atoms with Crippen LogP contribution in [0, 0.1) is 0 Å². The van der Waals surface area contributed by atoms with E-state index in [0.29, 0.717) is 13.2 Å². The summed E-state index contributed by atoms with van der Waals surface area (Å²) in [6.07, 6.45) is 10.1. The van der Waals surface area contributed by atoms with Gasteiger partial charge in [0, 0.05) is 0 Å². The zero-order valence-electron chi connectivity index (χ0n) is 19.8. The topological polar surface area (TPSA) is 27.7 Å². The normalized spacial score (nSPS) is 11.2. The zero-order valence-corrected chi connectivity index (χ0v) is 19.8. The van der Waals surface area contributed by atoms with E-state index in [1.54, 1.807) is 0 Å². The third-order valence-electron chi connectivity index (χ3n) is 5.27. The van der Waals surface area contributed by atoms with Gasteiger partial charge in [0.25, 0.3) is 0 Å². The van der Waals surface area contributed by atoms with E-state index in [1.807, 2.05) is 84.9 Å². The van der Waals surface area contributed by atoms with Crippen LogP contribution in [0.5, 0.6) is 23.0 Å². The van der Waals surface area contributed by atoms with E-state index in [0.717, 1.165) is 35.8 Å². The van der Waals surface area contributed by atoms with Crippen molar-refractivity contribution in [3.63, 3.8) is 0 Å². The Kier molecular flexibility index (Phi) is 9.34. The molecule has 0 radical (unpaired) electrons. The lowest BCUT2D eigenvalue weighted by atomic mass is 10.1. The maximum absolute atomic E-state index is 5.83. The first-order valence-corrected chi connectivity index (χ1v) is 11.9. The molecule has 0 bridgehead atoms. The lowest BCUT2D eigenvalue weighted by Gasteiger charge is -2.06. The Balaban J connectivity index is 1.09. The van der Waals surface area contributed by atoms with Gasteiger partial charge in [0.2, 0.25) is 0 Å². The van der Waals surface area contributed by atoms with Crippen LogP contribution in [0.2, 0.25) is 0 Å².